The lowest BCUT2D eigenvalue weighted by Crippen LogP contribution is -2.58. The number of halogens is 1. The lowest BCUT2D eigenvalue weighted by Gasteiger charge is -2.40. The van der Waals surface area contributed by atoms with Crippen LogP contribution in [0.3, 0.4) is 0 Å². The van der Waals surface area contributed by atoms with Gasteiger partial charge in [0, 0.05) is 30.3 Å². The standard InChI is InChI=1S/C27H23FN4O7S/c1-38-18-6-8-19(9-7-18)40(36,37)32-22-10-5-16(14-29)12-21(22)27(26(32)35,20-4-3-11-30-24(20)39-2)31-15-17(28)13-23(31)25(33)34/h3-12,17,23H,13,15H2,1-2H3,(H,33,34)/t17-,23+,27?/m1/s1. The van der Waals surface area contributed by atoms with Crippen molar-refractivity contribution in [3.05, 3.63) is 77.5 Å². The van der Waals surface area contributed by atoms with Crippen LogP contribution in [0.25, 0.3) is 0 Å². The first kappa shape index (κ1) is 27.0. The van der Waals surface area contributed by atoms with E-state index in [0.717, 1.165) is 4.90 Å². The van der Waals surface area contributed by atoms with Crippen LogP contribution in [0.2, 0.25) is 0 Å². The summed E-state index contributed by atoms with van der Waals surface area (Å²) in [5.41, 5.74) is -2.26. The number of alkyl halides is 1. The number of hydrogen-bond donors (Lipinski definition) is 1. The van der Waals surface area contributed by atoms with Crippen molar-refractivity contribution in [3.8, 4) is 17.7 Å². The summed E-state index contributed by atoms with van der Waals surface area (Å²) in [6, 6.07) is 12.7. The molecule has 5 rings (SSSR count). The van der Waals surface area contributed by atoms with Crippen LogP contribution in [0.1, 0.15) is 23.1 Å². The highest BCUT2D eigenvalue weighted by molar-refractivity contribution is 7.93. The molecule has 206 valence electrons. The molecule has 2 aromatic carbocycles. The van der Waals surface area contributed by atoms with Crippen LogP contribution in [-0.4, -0.2) is 68.3 Å². The Balaban J connectivity index is 1.87. The Kier molecular flexibility index (Phi) is 6.69. The first-order valence-corrected chi connectivity index (χ1v) is 13.5. The maximum Gasteiger partial charge on any atom is 0.321 e. The summed E-state index contributed by atoms with van der Waals surface area (Å²) in [7, 11) is -1.91. The highest BCUT2D eigenvalue weighted by Gasteiger charge is 2.64. The highest BCUT2D eigenvalue weighted by Crippen LogP contribution is 2.54. The summed E-state index contributed by atoms with van der Waals surface area (Å²) in [6.45, 7) is -0.507. The molecule has 2 aliphatic heterocycles. The molecule has 3 aromatic rings. The summed E-state index contributed by atoms with van der Waals surface area (Å²) in [6.07, 6.45) is -0.695. The Morgan fingerprint density at radius 1 is 1.15 bits per heavy atom. The minimum atomic E-state index is -4.61. The molecule has 1 fully saturated rings. The molecular weight excluding hydrogens is 543 g/mol. The number of fused-ring (bicyclic) bond motifs is 1. The van der Waals surface area contributed by atoms with Crippen LogP contribution >= 0.6 is 0 Å². The SMILES string of the molecule is COc1ccc(S(=O)(=O)N2C(=O)C(c3cccnc3OC)(N3C[C@H](F)C[C@H]3C(=O)O)c3cc(C#N)ccc32)cc1. The molecule has 0 spiro atoms. The maximum absolute atomic E-state index is 15.0. The fourth-order valence-corrected chi connectivity index (χ4v) is 6.91. The smallest absolute Gasteiger partial charge is 0.321 e. The number of amides is 1. The number of carboxylic acids is 1. The molecule has 1 aromatic heterocycles. The normalized spacial score (nSPS) is 22.6. The Labute approximate surface area is 229 Å². The number of methoxy groups -OCH3 is 2. The Hall–Kier alpha value is -4.54. The quantitative estimate of drug-likeness (QED) is 0.452. The van der Waals surface area contributed by atoms with Gasteiger partial charge in [-0.3, -0.25) is 14.5 Å². The van der Waals surface area contributed by atoms with Crippen molar-refractivity contribution >= 4 is 27.6 Å². The van der Waals surface area contributed by atoms with E-state index in [-0.39, 0.29) is 33.2 Å². The summed E-state index contributed by atoms with van der Waals surface area (Å²) in [4.78, 5) is 32.2. The summed E-state index contributed by atoms with van der Waals surface area (Å²) in [5, 5.41) is 19.8. The third-order valence-corrected chi connectivity index (χ3v) is 8.86. The maximum atomic E-state index is 15.0. The van der Waals surface area contributed by atoms with Crippen molar-refractivity contribution in [2.45, 2.75) is 29.1 Å². The number of benzene rings is 2. The number of ether oxygens (including phenoxy) is 2. The number of anilines is 1. The van der Waals surface area contributed by atoms with Gasteiger partial charge in [-0.1, -0.05) is 0 Å². The number of aromatic nitrogens is 1. The van der Waals surface area contributed by atoms with Crippen LogP contribution in [0.4, 0.5) is 10.1 Å². The van der Waals surface area contributed by atoms with Gasteiger partial charge in [0.05, 0.1) is 36.4 Å². The Bertz CT molecular complexity index is 1660. The molecule has 1 N–H and O–H groups in total. The van der Waals surface area contributed by atoms with Gasteiger partial charge in [0.15, 0.2) is 5.54 Å². The molecule has 1 saturated heterocycles. The number of rotatable bonds is 7. The van der Waals surface area contributed by atoms with Gasteiger partial charge in [-0.25, -0.2) is 22.1 Å². The minimum Gasteiger partial charge on any atom is -0.497 e. The molecule has 3 atom stereocenters. The van der Waals surface area contributed by atoms with Crippen LogP contribution < -0.4 is 13.8 Å². The van der Waals surface area contributed by atoms with Crippen LogP contribution in [-0.2, 0) is 25.2 Å². The van der Waals surface area contributed by atoms with E-state index in [1.54, 1.807) is 0 Å². The second kappa shape index (κ2) is 9.89. The first-order chi connectivity index (χ1) is 19.1. The fraction of sp³-hybridized carbons (Fsp3) is 0.259. The number of carbonyl (C=O) groups is 2. The van der Waals surface area contributed by atoms with Crippen molar-refractivity contribution in [2.24, 2.45) is 0 Å². The molecule has 13 heteroatoms. The largest absolute Gasteiger partial charge is 0.497 e. The molecule has 2 aliphatic rings. The van der Waals surface area contributed by atoms with Crippen molar-refractivity contribution in [1.82, 2.24) is 9.88 Å². The summed E-state index contributed by atoms with van der Waals surface area (Å²) >= 11 is 0. The molecule has 0 radical (unpaired) electrons. The average molecular weight is 567 g/mol. The van der Waals surface area contributed by atoms with Crippen molar-refractivity contribution in [3.63, 3.8) is 0 Å². The van der Waals surface area contributed by atoms with E-state index in [9.17, 15) is 32.8 Å². The zero-order valence-electron chi connectivity index (χ0n) is 21.3. The fourth-order valence-electron chi connectivity index (χ4n) is 5.45. The monoisotopic (exact) mass is 566 g/mol. The number of nitriles is 1. The number of pyridine rings is 1. The lowest BCUT2D eigenvalue weighted by molar-refractivity contribution is -0.145. The van der Waals surface area contributed by atoms with Gasteiger partial charge < -0.3 is 14.6 Å². The van der Waals surface area contributed by atoms with E-state index in [1.807, 2.05) is 6.07 Å². The molecule has 3 heterocycles. The topological polar surface area (TPSA) is 150 Å². The molecule has 0 bridgehead atoms. The van der Waals surface area contributed by atoms with E-state index in [4.69, 9.17) is 9.47 Å². The van der Waals surface area contributed by atoms with Gasteiger partial charge in [-0.2, -0.15) is 5.26 Å². The van der Waals surface area contributed by atoms with Gasteiger partial charge in [0.1, 0.15) is 18.0 Å². The van der Waals surface area contributed by atoms with Gasteiger partial charge in [0.25, 0.3) is 15.9 Å². The van der Waals surface area contributed by atoms with E-state index >= 15 is 0 Å². The van der Waals surface area contributed by atoms with E-state index in [0.29, 0.717) is 10.1 Å². The summed E-state index contributed by atoms with van der Waals surface area (Å²) in [5.74, 6) is -2.19. The van der Waals surface area contributed by atoms with Crippen molar-refractivity contribution in [1.29, 1.82) is 5.26 Å². The molecule has 1 unspecified atom stereocenters. The number of nitrogens with zero attached hydrogens (tertiary/aromatic N) is 4. The van der Waals surface area contributed by atoms with Gasteiger partial charge in [-0.05, 0) is 54.6 Å². The summed E-state index contributed by atoms with van der Waals surface area (Å²) < 4.78 is 54.2. The predicted molar refractivity (Wildman–Crippen MR) is 138 cm³/mol. The average Bonchev–Trinajstić information content (AvgIpc) is 3.48. The minimum absolute atomic E-state index is 0.00613. The number of sulfonamides is 1. The van der Waals surface area contributed by atoms with E-state index < -0.39 is 52.6 Å². The molecular formula is C27H23FN4O7S. The molecule has 11 nitrogen and oxygen atoms in total. The third kappa shape index (κ3) is 3.87. The zero-order chi connectivity index (χ0) is 28.8. The van der Waals surface area contributed by atoms with Gasteiger partial charge in [0.2, 0.25) is 5.88 Å². The number of likely N-dealkylation sites (tertiary alicyclic amines) is 1. The molecule has 1 amide bonds. The number of hydrogen-bond acceptors (Lipinski definition) is 9. The van der Waals surface area contributed by atoms with Crippen molar-refractivity contribution < 1.29 is 37.0 Å². The molecule has 0 aliphatic carbocycles. The number of aliphatic carboxylic acids is 1. The third-order valence-electron chi connectivity index (χ3n) is 7.15. The highest BCUT2D eigenvalue weighted by atomic mass is 32.2. The molecule has 0 saturated carbocycles. The second-order valence-corrected chi connectivity index (χ2v) is 11.0. The molecule has 40 heavy (non-hydrogen) atoms. The first-order valence-electron chi connectivity index (χ1n) is 12.0. The zero-order valence-corrected chi connectivity index (χ0v) is 22.1. The van der Waals surface area contributed by atoms with Crippen molar-refractivity contribution in [2.75, 3.05) is 25.1 Å². The predicted octanol–water partition coefficient (Wildman–Crippen LogP) is 2.45. The number of carbonyl (C=O) groups excluding carboxylic acids is 1. The second-order valence-electron chi connectivity index (χ2n) is 9.20. The number of carboxylic acid groups (broad SMARTS) is 1. The Morgan fingerprint density at radius 3 is 2.50 bits per heavy atom. The van der Waals surface area contributed by atoms with Gasteiger partial charge >= 0.3 is 5.97 Å². The van der Waals surface area contributed by atoms with Crippen LogP contribution in [0.5, 0.6) is 11.6 Å². The van der Waals surface area contributed by atoms with E-state index in [1.165, 1.54) is 75.0 Å². The lowest BCUT2D eigenvalue weighted by atomic mass is 9.81. The van der Waals surface area contributed by atoms with E-state index in [2.05, 4.69) is 4.98 Å². The van der Waals surface area contributed by atoms with Crippen LogP contribution in [0.15, 0.2) is 65.7 Å². The van der Waals surface area contributed by atoms with Gasteiger partial charge in [-0.15, -0.1) is 0 Å². The van der Waals surface area contributed by atoms with Crippen LogP contribution in [0, 0.1) is 11.3 Å². The Morgan fingerprint density at radius 2 is 1.88 bits per heavy atom.